The second-order valence-corrected chi connectivity index (χ2v) is 4.83. The monoisotopic (exact) mass is 278 g/mol. The maximum absolute atomic E-state index is 12.4. The topological polar surface area (TPSA) is 54.9 Å². The van der Waals surface area contributed by atoms with Crippen LogP contribution in [0.15, 0.2) is 33.9 Å². The van der Waals surface area contributed by atoms with Crippen molar-refractivity contribution in [3.63, 3.8) is 0 Å². The fraction of sp³-hybridized carbons (Fsp3) is 0.286. The molecule has 0 atom stereocenters. The number of benzene rings is 1. The second kappa shape index (κ2) is 5.45. The maximum atomic E-state index is 12.4. The summed E-state index contributed by atoms with van der Waals surface area (Å²) in [5, 5.41) is 0.140. The van der Waals surface area contributed by atoms with Crippen molar-refractivity contribution in [3.05, 3.63) is 61.4 Å². The van der Waals surface area contributed by atoms with Crippen LogP contribution in [0.3, 0.4) is 0 Å². The van der Waals surface area contributed by atoms with Crippen LogP contribution in [0.2, 0.25) is 5.15 Å². The minimum atomic E-state index is -0.513. The smallest absolute Gasteiger partial charge is 0.297 e. The number of hydrogen-bond donors (Lipinski definition) is 1. The molecule has 1 heterocycles. The molecule has 5 heteroatoms. The second-order valence-electron chi connectivity index (χ2n) is 4.45. The number of aryl methyl sites for hydroxylation is 1. The molecule has 0 amide bonds. The van der Waals surface area contributed by atoms with E-state index in [9.17, 15) is 9.59 Å². The van der Waals surface area contributed by atoms with E-state index in [4.69, 9.17) is 11.6 Å². The Kier molecular flexibility index (Phi) is 3.90. The van der Waals surface area contributed by atoms with Gasteiger partial charge in [0, 0.05) is 0 Å². The minimum absolute atomic E-state index is 0.140. The first-order chi connectivity index (χ1) is 9.04. The summed E-state index contributed by atoms with van der Waals surface area (Å²) in [4.78, 5) is 26.8. The number of H-pyrrole nitrogens is 1. The number of hydrogen-bond acceptors (Lipinski definition) is 2. The van der Waals surface area contributed by atoms with Gasteiger partial charge in [-0.2, -0.15) is 0 Å². The van der Waals surface area contributed by atoms with Crippen molar-refractivity contribution in [1.82, 2.24) is 9.55 Å². The summed E-state index contributed by atoms with van der Waals surface area (Å²) in [6, 6.07) is 7.24. The first-order valence-electron chi connectivity index (χ1n) is 6.15. The first kappa shape index (κ1) is 13.6. The van der Waals surface area contributed by atoms with Gasteiger partial charge in [-0.05, 0) is 31.0 Å². The van der Waals surface area contributed by atoms with Gasteiger partial charge >= 0.3 is 5.69 Å². The summed E-state index contributed by atoms with van der Waals surface area (Å²) >= 11 is 5.94. The first-order valence-corrected chi connectivity index (χ1v) is 6.53. The Balaban J connectivity index is 2.74. The van der Waals surface area contributed by atoms with E-state index in [2.05, 4.69) is 4.98 Å². The Morgan fingerprint density at radius 1 is 1.32 bits per heavy atom. The largest absolute Gasteiger partial charge is 0.334 e. The highest BCUT2D eigenvalue weighted by Gasteiger charge is 2.13. The van der Waals surface area contributed by atoms with Gasteiger partial charge < -0.3 is 0 Å². The molecule has 0 bridgehead atoms. The summed E-state index contributed by atoms with van der Waals surface area (Å²) in [6.07, 6.45) is 1.33. The van der Waals surface area contributed by atoms with Crippen LogP contribution in [-0.4, -0.2) is 9.55 Å². The molecule has 0 fully saturated rings. The van der Waals surface area contributed by atoms with E-state index >= 15 is 0 Å². The zero-order chi connectivity index (χ0) is 14.0. The lowest BCUT2D eigenvalue weighted by Crippen LogP contribution is -2.36. The zero-order valence-corrected chi connectivity index (χ0v) is 11.6. The summed E-state index contributed by atoms with van der Waals surface area (Å²) in [6.45, 7) is 3.86. The van der Waals surface area contributed by atoms with Gasteiger partial charge in [0.2, 0.25) is 0 Å². The molecule has 1 aromatic carbocycles. The third-order valence-corrected chi connectivity index (χ3v) is 3.23. The minimum Gasteiger partial charge on any atom is -0.297 e. The molecule has 2 rings (SSSR count). The molecule has 100 valence electrons. The van der Waals surface area contributed by atoms with Crippen LogP contribution in [0, 0.1) is 6.92 Å². The lowest BCUT2D eigenvalue weighted by atomic mass is 10.2. The van der Waals surface area contributed by atoms with Crippen LogP contribution >= 0.6 is 11.6 Å². The van der Waals surface area contributed by atoms with Crippen molar-refractivity contribution < 1.29 is 0 Å². The summed E-state index contributed by atoms with van der Waals surface area (Å²) in [7, 11) is 0. The number of nitrogens with one attached hydrogen (secondary N) is 1. The van der Waals surface area contributed by atoms with Crippen molar-refractivity contribution in [2.24, 2.45) is 0 Å². The molecule has 0 aliphatic rings. The molecule has 0 saturated heterocycles. The molecule has 4 nitrogen and oxygen atoms in total. The fourth-order valence-electron chi connectivity index (χ4n) is 2.01. The number of halogens is 1. The van der Waals surface area contributed by atoms with Gasteiger partial charge in [-0.15, -0.1) is 0 Å². The predicted molar refractivity (Wildman–Crippen MR) is 76.4 cm³/mol. The van der Waals surface area contributed by atoms with Crippen molar-refractivity contribution >= 4 is 11.6 Å². The van der Waals surface area contributed by atoms with Gasteiger partial charge in [0.25, 0.3) is 5.56 Å². The molecule has 19 heavy (non-hydrogen) atoms. The van der Waals surface area contributed by atoms with Gasteiger partial charge in [-0.1, -0.05) is 37.1 Å². The number of rotatable bonds is 3. The van der Waals surface area contributed by atoms with Gasteiger partial charge in [0.1, 0.15) is 5.15 Å². The molecule has 0 saturated carbocycles. The van der Waals surface area contributed by atoms with Gasteiger partial charge in [0.05, 0.1) is 11.3 Å². The third-order valence-electron chi connectivity index (χ3n) is 2.91. The Labute approximate surface area is 115 Å². The zero-order valence-electron chi connectivity index (χ0n) is 10.9. The average molecular weight is 279 g/mol. The van der Waals surface area contributed by atoms with Crippen LogP contribution in [-0.2, 0) is 6.42 Å². The Bertz CT molecular complexity index is 716. The van der Waals surface area contributed by atoms with Gasteiger partial charge in [-0.3, -0.25) is 9.78 Å². The molecule has 0 spiro atoms. The summed E-state index contributed by atoms with van der Waals surface area (Å²) in [5.41, 5.74) is 1.13. The van der Waals surface area contributed by atoms with Crippen LogP contribution < -0.4 is 11.2 Å². The Morgan fingerprint density at radius 3 is 2.68 bits per heavy atom. The van der Waals surface area contributed by atoms with E-state index in [1.807, 2.05) is 26.0 Å². The Hall–Kier alpha value is -1.81. The van der Waals surface area contributed by atoms with Crippen LogP contribution in [0.25, 0.3) is 5.69 Å². The van der Waals surface area contributed by atoms with Gasteiger partial charge in [-0.25, -0.2) is 9.36 Å². The lowest BCUT2D eigenvalue weighted by Gasteiger charge is -2.09. The van der Waals surface area contributed by atoms with E-state index in [1.54, 1.807) is 12.1 Å². The Morgan fingerprint density at radius 2 is 2.05 bits per heavy atom. The SMILES string of the molecule is CCCc1c(Cl)[nH]c(=O)n(-c2cccc(C)c2)c1=O. The number of aromatic amines is 1. The molecular weight excluding hydrogens is 264 g/mol. The normalized spacial score (nSPS) is 10.7. The van der Waals surface area contributed by atoms with Crippen LogP contribution in [0.5, 0.6) is 0 Å². The molecule has 2 aromatic rings. The van der Waals surface area contributed by atoms with E-state index in [0.717, 1.165) is 16.6 Å². The molecule has 0 radical (unpaired) electrons. The molecule has 1 N–H and O–H groups in total. The fourth-order valence-corrected chi connectivity index (χ4v) is 2.27. The van der Waals surface area contributed by atoms with Crippen LogP contribution in [0.4, 0.5) is 0 Å². The average Bonchev–Trinajstić information content (AvgIpc) is 2.34. The highest BCUT2D eigenvalue weighted by molar-refractivity contribution is 6.30. The van der Waals surface area contributed by atoms with Gasteiger partial charge in [0.15, 0.2) is 0 Å². The predicted octanol–water partition coefficient (Wildman–Crippen LogP) is 2.44. The van der Waals surface area contributed by atoms with Crippen LogP contribution in [0.1, 0.15) is 24.5 Å². The summed E-state index contributed by atoms with van der Waals surface area (Å²) < 4.78 is 1.13. The molecule has 1 aromatic heterocycles. The molecular formula is C14H15ClN2O2. The summed E-state index contributed by atoms with van der Waals surface area (Å²) in [5.74, 6) is 0. The molecule has 0 aliphatic carbocycles. The van der Waals surface area contributed by atoms with E-state index < -0.39 is 5.69 Å². The van der Waals surface area contributed by atoms with Crippen molar-refractivity contribution in [2.75, 3.05) is 0 Å². The van der Waals surface area contributed by atoms with E-state index in [1.165, 1.54) is 0 Å². The van der Waals surface area contributed by atoms with E-state index in [0.29, 0.717) is 17.7 Å². The molecule has 0 unspecified atom stereocenters. The lowest BCUT2D eigenvalue weighted by molar-refractivity contribution is 0.811. The number of aromatic nitrogens is 2. The van der Waals surface area contributed by atoms with Crippen molar-refractivity contribution in [3.8, 4) is 5.69 Å². The van der Waals surface area contributed by atoms with Crippen molar-refractivity contribution in [2.45, 2.75) is 26.7 Å². The van der Waals surface area contributed by atoms with E-state index in [-0.39, 0.29) is 10.7 Å². The quantitative estimate of drug-likeness (QED) is 0.877. The number of nitrogens with zero attached hydrogens (tertiary/aromatic N) is 1. The highest BCUT2D eigenvalue weighted by atomic mass is 35.5. The molecule has 0 aliphatic heterocycles. The van der Waals surface area contributed by atoms with Crippen molar-refractivity contribution in [1.29, 1.82) is 0 Å². The maximum Gasteiger partial charge on any atom is 0.334 e. The third kappa shape index (κ3) is 2.63. The standard InChI is InChI=1S/C14H15ClN2O2/c1-3-5-11-12(15)16-14(19)17(13(11)18)10-7-4-6-9(2)8-10/h4,6-8H,3,5H2,1-2H3,(H,16,19). The highest BCUT2D eigenvalue weighted by Crippen LogP contribution is 2.11.